The van der Waals surface area contributed by atoms with Crippen LogP contribution >= 0.6 is 11.6 Å². The molecule has 2 rings (SSSR count). The van der Waals surface area contributed by atoms with Gasteiger partial charge in [-0.25, -0.2) is 0 Å². The molecular formula is C19H29ClN2O4. The van der Waals surface area contributed by atoms with Crippen LogP contribution in [0.5, 0.6) is 0 Å². The topological polar surface area (TPSA) is 63.0 Å². The van der Waals surface area contributed by atoms with E-state index in [4.69, 9.17) is 20.8 Å². The molecular weight excluding hydrogens is 356 g/mol. The van der Waals surface area contributed by atoms with Gasteiger partial charge in [0.05, 0.1) is 25.5 Å². The second-order valence-electron chi connectivity index (χ2n) is 7.22. The van der Waals surface area contributed by atoms with Gasteiger partial charge in [0.15, 0.2) is 0 Å². The summed E-state index contributed by atoms with van der Waals surface area (Å²) in [7, 11) is 0. The van der Waals surface area contributed by atoms with Gasteiger partial charge >= 0.3 is 0 Å². The van der Waals surface area contributed by atoms with Gasteiger partial charge in [-0.05, 0) is 37.8 Å². The average Bonchev–Trinajstić information content (AvgIpc) is 3.26. The summed E-state index contributed by atoms with van der Waals surface area (Å²) in [6.45, 7) is 7.76. The lowest BCUT2D eigenvalue weighted by Crippen LogP contribution is -2.47. The Labute approximate surface area is 160 Å². The lowest BCUT2D eigenvalue weighted by Gasteiger charge is -2.30. The van der Waals surface area contributed by atoms with Crippen LogP contribution in [0.1, 0.15) is 39.4 Å². The van der Waals surface area contributed by atoms with Gasteiger partial charge < -0.3 is 19.0 Å². The van der Waals surface area contributed by atoms with Crippen molar-refractivity contribution >= 4 is 23.4 Å². The Hall–Kier alpha value is -1.53. The fraction of sp³-hybridized carbons (Fsp3) is 0.684. The molecule has 0 aromatic carbocycles. The third kappa shape index (κ3) is 6.32. The molecule has 2 atom stereocenters. The zero-order valence-electron chi connectivity index (χ0n) is 15.8. The third-order valence-electron chi connectivity index (χ3n) is 4.29. The van der Waals surface area contributed by atoms with Gasteiger partial charge in [-0.2, -0.15) is 0 Å². The molecule has 1 aromatic rings. The van der Waals surface area contributed by atoms with Crippen LogP contribution in [0.3, 0.4) is 0 Å². The Morgan fingerprint density at radius 1 is 1.31 bits per heavy atom. The number of halogens is 1. The molecule has 0 aliphatic carbocycles. The van der Waals surface area contributed by atoms with Crippen molar-refractivity contribution in [2.24, 2.45) is 5.92 Å². The number of hydrogen-bond donors (Lipinski definition) is 0. The van der Waals surface area contributed by atoms with E-state index in [1.165, 1.54) is 0 Å². The molecule has 1 fully saturated rings. The second-order valence-corrected chi connectivity index (χ2v) is 7.87. The Morgan fingerprint density at radius 3 is 2.62 bits per heavy atom. The molecule has 26 heavy (non-hydrogen) atoms. The van der Waals surface area contributed by atoms with Gasteiger partial charge in [-0.15, -0.1) is 11.6 Å². The van der Waals surface area contributed by atoms with Crippen LogP contribution in [0.15, 0.2) is 22.8 Å². The Balaban J connectivity index is 2.07. The summed E-state index contributed by atoms with van der Waals surface area (Å²) < 4.78 is 11.1. The summed E-state index contributed by atoms with van der Waals surface area (Å²) in [6.07, 6.45) is 3.58. The van der Waals surface area contributed by atoms with Crippen molar-refractivity contribution in [1.82, 2.24) is 9.80 Å². The zero-order valence-corrected chi connectivity index (χ0v) is 16.6. The van der Waals surface area contributed by atoms with Gasteiger partial charge in [0, 0.05) is 19.7 Å². The summed E-state index contributed by atoms with van der Waals surface area (Å²) in [5.74, 6) is 0.620. The summed E-state index contributed by atoms with van der Waals surface area (Å²) in [6, 6.07) is 3.64. The number of hydrogen-bond acceptors (Lipinski definition) is 4. The minimum Gasteiger partial charge on any atom is -0.467 e. The maximum absolute atomic E-state index is 13.0. The predicted molar refractivity (Wildman–Crippen MR) is 99.8 cm³/mol. The van der Waals surface area contributed by atoms with Crippen molar-refractivity contribution in [1.29, 1.82) is 0 Å². The van der Waals surface area contributed by atoms with Crippen molar-refractivity contribution in [3.63, 3.8) is 0 Å². The molecule has 1 saturated heterocycles. The highest BCUT2D eigenvalue weighted by Crippen LogP contribution is 2.16. The molecule has 0 unspecified atom stereocenters. The number of rotatable bonds is 9. The highest BCUT2D eigenvalue weighted by molar-refractivity contribution is 6.30. The highest BCUT2D eigenvalue weighted by atomic mass is 35.5. The van der Waals surface area contributed by atoms with Gasteiger partial charge in [0.2, 0.25) is 11.8 Å². The zero-order chi connectivity index (χ0) is 19.1. The van der Waals surface area contributed by atoms with E-state index in [1.807, 2.05) is 19.9 Å². The van der Waals surface area contributed by atoms with Crippen LogP contribution in [-0.4, -0.2) is 59.3 Å². The first-order valence-electron chi connectivity index (χ1n) is 9.21. The van der Waals surface area contributed by atoms with Crippen LogP contribution in [0.2, 0.25) is 0 Å². The number of alkyl halides is 1. The highest BCUT2D eigenvalue weighted by Gasteiger charge is 2.27. The molecule has 0 spiro atoms. The normalized spacial score (nSPS) is 18.1. The monoisotopic (exact) mass is 384 g/mol. The number of carbonyl (C=O) groups is 2. The largest absolute Gasteiger partial charge is 0.467 e. The molecule has 0 N–H and O–H groups in total. The first-order valence-corrected chi connectivity index (χ1v) is 9.65. The van der Waals surface area contributed by atoms with Crippen LogP contribution < -0.4 is 0 Å². The summed E-state index contributed by atoms with van der Waals surface area (Å²) in [5, 5.41) is -0.654. The van der Waals surface area contributed by atoms with E-state index in [9.17, 15) is 9.59 Å². The summed E-state index contributed by atoms with van der Waals surface area (Å²) in [5.41, 5.74) is 0. The third-order valence-corrected chi connectivity index (χ3v) is 4.48. The number of ether oxygens (including phenoxy) is 1. The SMILES string of the molecule is CC(C)CN(CC(=O)N(Cc1ccco1)C[C@@H]1CCCO1)C(=O)[C@H](C)Cl. The summed E-state index contributed by atoms with van der Waals surface area (Å²) in [4.78, 5) is 28.6. The fourth-order valence-corrected chi connectivity index (χ4v) is 3.21. The summed E-state index contributed by atoms with van der Waals surface area (Å²) >= 11 is 5.97. The molecule has 0 saturated carbocycles. The van der Waals surface area contributed by atoms with Crippen molar-refractivity contribution in [3.8, 4) is 0 Å². The molecule has 7 heteroatoms. The maximum Gasteiger partial charge on any atom is 0.242 e. The van der Waals surface area contributed by atoms with Gasteiger partial charge in [-0.1, -0.05) is 13.8 Å². The van der Waals surface area contributed by atoms with Crippen LogP contribution in [0.25, 0.3) is 0 Å². The average molecular weight is 385 g/mol. The quantitative estimate of drug-likeness (QED) is 0.614. The lowest BCUT2D eigenvalue weighted by atomic mass is 10.2. The van der Waals surface area contributed by atoms with E-state index >= 15 is 0 Å². The minimum absolute atomic E-state index is 0.0154. The number of carbonyl (C=O) groups excluding carboxylic acids is 2. The number of furan rings is 1. The molecule has 146 valence electrons. The second kappa shape index (κ2) is 9.97. The van der Waals surface area contributed by atoms with Gasteiger partial charge in [-0.3, -0.25) is 9.59 Å². The molecule has 0 bridgehead atoms. The van der Waals surface area contributed by atoms with Crippen molar-refractivity contribution < 1.29 is 18.7 Å². The van der Waals surface area contributed by atoms with E-state index in [2.05, 4.69) is 0 Å². The van der Waals surface area contributed by atoms with Crippen LogP contribution in [0, 0.1) is 5.92 Å². The first kappa shape index (κ1) is 20.8. The molecule has 1 aromatic heterocycles. The fourth-order valence-electron chi connectivity index (χ4n) is 3.07. The smallest absolute Gasteiger partial charge is 0.242 e. The van der Waals surface area contributed by atoms with Crippen LogP contribution in [-0.2, 0) is 20.9 Å². The van der Waals surface area contributed by atoms with E-state index in [0.717, 1.165) is 19.4 Å². The predicted octanol–water partition coefficient (Wildman–Crippen LogP) is 2.90. The molecule has 2 heterocycles. The van der Waals surface area contributed by atoms with E-state index in [-0.39, 0.29) is 30.4 Å². The lowest BCUT2D eigenvalue weighted by molar-refractivity contribution is -0.142. The van der Waals surface area contributed by atoms with Crippen molar-refractivity contribution in [2.45, 2.75) is 51.6 Å². The minimum atomic E-state index is -0.654. The maximum atomic E-state index is 13.0. The molecule has 1 aliphatic rings. The standard InChI is InChI=1S/C19H29ClN2O4/c1-14(2)10-22(19(24)15(3)20)13-18(23)21(11-16-6-4-8-25-16)12-17-7-5-9-26-17/h4,6,8,14-15,17H,5,7,9-13H2,1-3H3/t15-,17-/m0/s1. The van der Waals surface area contributed by atoms with E-state index < -0.39 is 5.38 Å². The number of nitrogens with zero attached hydrogens (tertiary/aromatic N) is 2. The van der Waals surface area contributed by atoms with Crippen molar-refractivity contribution in [2.75, 3.05) is 26.2 Å². The Kier molecular flexibility index (Phi) is 7.97. The molecule has 0 radical (unpaired) electrons. The molecule has 2 amide bonds. The first-order chi connectivity index (χ1) is 12.4. The van der Waals surface area contributed by atoms with E-state index in [0.29, 0.717) is 25.4 Å². The molecule has 6 nitrogen and oxygen atoms in total. The Morgan fingerprint density at radius 2 is 2.08 bits per heavy atom. The number of amides is 2. The van der Waals surface area contributed by atoms with Crippen molar-refractivity contribution in [3.05, 3.63) is 24.2 Å². The van der Waals surface area contributed by atoms with E-state index in [1.54, 1.807) is 29.1 Å². The van der Waals surface area contributed by atoms with Crippen LogP contribution in [0.4, 0.5) is 0 Å². The van der Waals surface area contributed by atoms with Gasteiger partial charge in [0.1, 0.15) is 11.1 Å². The Bertz CT molecular complexity index is 568. The molecule has 1 aliphatic heterocycles. The van der Waals surface area contributed by atoms with Gasteiger partial charge in [0.25, 0.3) is 0 Å².